The van der Waals surface area contributed by atoms with Crippen LogP contribution in [0.1, 0.15) is 12.8 Å². The van der Waals surface area contributed by atoms with Crippen LogP contribution in [0.15, 0.2) is 0 Å². The van der Waals surface area contributed by atoms with Crippen molar-refractivity contribution in [1.82, 2.24) is 0 Å². The molecular weight excluding hydrogens is 288 g/mol. The average molecular weight is 298 g/mol. The molecule has 0 aromatic carbocycles. The molecule has 0 aliphatic carbocycles. The summed E-state index contributed by atoms with van der Waals surface area (Å²) in [5, 5.41) is 53.3. The van der Waals surface area contributed by atoms with E-state index >= 15 is 0 Å². The van der Waals surface area contributed by atoms with Gasteiger partial charge in [-0.2, -0.15) is 0 Å². The molecule has 0 aromatic heterocycles. The Balaban J connectivity index is 5.38. The highest BCUT2D eigenvalue weighted by atomic mass is 32.2. The molecule has 10 nitrogen and oxygen atoms in total. The maximum absolute atomic E-state index is 10.8. The van der Waals surface area contributed by atoms with Crippen molar-refractivity contribution in [1.29, 1.82) is 0 Å². The van der Waals surface area contributed by atoms with E-state index in [4.69, 9.17) is 20.4 Å². The molecule has 108 valence electrons. The second-order valence-corrected chi connectivity index (χ2v) is 4.98. The molecular formula is C8H10O10S. The molecule has 0 fully saturated rings. The van der Waals surface area contributed by atoms with Crippen LogP contribution in [-0.2, 0) is 19.2 Å². The van der Waals surface area contributed by atoms with Crippen LogP contribution in [-0.4, -0.2) is 64.4 Å². The van der Waals surface area contributed by atoms with Gasteiger partial charge >= 0.3 is 23.9 Å². The molecule has 0 amide bonds. The lowest BCUT2D eigenvalue weighted by atomic mass is 10.2. The van der Waals surface area contributed by atoms with Gasteiger partial charge in [-0.05, 0) is 0 Å². The number of hydrogen-bond acceptors (Lipinski definition) is 7. The van der Waals surface area contributed by atoms with E-state index in [0.717, 1.165) is 0 Å². The van der Waals surface area contributed by atoms with Crippen LogP contribution in [0.25, 0.3) is 0 Å². The summed E-state index contributed by atoms with van der Waals surface area (Å²) in [5.41, 5.74) is 0. The Kier molecular flexibility index (Phi) is 5.29. The van der Waals surface area contributed by atoms with Crippen molar-refractivity contribution in [2.24, 2.45) is 0 Å². The highest BCUT2D eigenvalue weighted by molar-refractivity contribution is 8.03. The second-order valence-electron chi connectivity index (χ2n) is 3.42. The summed E-state index contributed by atoms with van der Waals surface area (Å²) < 4.78 is 0. The highest BCUT2D eigenvalue weighted by Crippen LogP contribution is 2.39. The summed E-state index contributed by atoms with van der Waals surface area (Å²) >= 11 is -0.582. The zero-order valence-electron chi connectivity index (χ0n) is 9.14. The minimum Gasteiger partial charge on any atom is -0.481 e. The fourth-order valence-corrected chi connectivity index (χ4v) is 2.12. The summed E-state index contributed by atoms with van der Waals surface area (Å²) in [6, 6.07) is 0. The largest absolute Gasteiger partial charge is 0.481 e. The normalized spacial score (nSPS) is 16.9. The smallest absolute Gasteiger partial charge is 0.347 e. The Hall–Kier alpha value is -1.85. The number of thioether (sulfide) groups is 1. The maximum atomic E-state index is 10.8. The SMILES string of the molecule is O=C(O)CC(O)(SC(O)(CC(=O)O)C(=O)O)C(=O)O. The molecule has 0 bridgehead atoms. The zero-order chi connectivity index (χ0) is 15.4. The molecule has 2 unspecified atom stereocenters. The zero-order valence-corrected chi connectivity index (χ0v) is 9.96. The van der Waals surface area contributed by atoms with Gasteiger partial charge in [0.15, 0.2) is 0 Å². The minimum atomic E-state index is -3.19. The Bertz CT molecular complexity index is 382. The minimum absolute atomic E-state index is 0.582. The average Bonchev–Trinajstić information content (AvgIpc) is 2.13. The monoisotopic (exact) mass is 298 g/mol. The van der Waals surface area contributed by atoms with Gasteiger partial charge in [0.2, 0.25) is 9.87 Å². The molecule has 6 N–H and O–H groups in total. The predicted molar refractivity (Wildman–Crippen MR) is 57.3 cm³/mol. The van der Waals surface area contributed by atoms with Crippen molar-refractivity contribution in [3.63, 3.8) is 0 Å². The summed E-state index contributed by atoms with van der Waals surface area (Å²) in [6.07, 6.45) is -2.86. The maximum Gasteiger partial charge on any atom is 0.347 e. The Morgan fingerprint density at radius 3 is 1.16 bits per heavy atom. The Morgan fingerprint density at radius 2 is 1.00 bits per heavy atom. The molecule has 0 saturated carbocycles. The first-order valence-corrected chi connectivity index (χ1v) is 5.30. The van der Waals surface area contributed by atoms with Crippen LogP contribution in [0.2, 0.25) is 0 Å². The van der Waals surface area contributed by atoms with Gasteiger partial charge in [0, 0.05) is 0 Å². The lowest BCUT2D eigenvalue weighted by molar-refractivity contribution is -0.159. The van der Waals surface area contributed by atoms with Crippen LogP contribution in [0.5, 0.6) is 0 Å². The van der Waals surface area contributed by atoms with E-state index in [1.54, 1.807) is 0 Å². The molecule has 0 heterocycles. The molecule has 0 radical (unpaired) electrons. The molecule has 19 heavy (non-hydrogen) atoms. The third kappa shape index (κ3) is 4.73. The van der Waals surface area contributed by atoms with E-state index in [9.17, 15) is 29.4 Å². The van der Waals surface area contributed by atoms with Gasteiger partial charge in [0.05, 0.1) is 12.8 Å². The predicted octanol–water partition coefficient (Wildman–Crippen LogP) is -1.78. The molecule has 0 aliphatic heterocycles. The van der Waals surface area contributed by atoms with E-state index in [1.807, 2.05) is 0 Å². The molecule has 0 saturated heterocycles. The number of aliphatic hydroxyl groups is 2. The number of carbonyl (C=O) groups is 4. The number of aliphatic carboxylic acids is 4. The van der Waals surface area contributed by atoms with Crippen LogP contribution in [0.4, 0.5) is 0 Å². The van der Waals surface area contributed by atoms with Crippen molar-refractivity contribution in [3.05, 3.63) is 0 Å². The van der Waals surface area contributed by atoms with Gasteiger partial charge in [-0.1, -0.05) is 11.8 Å². The molecule has 2 atom stereocenters. The second kappa shape index (κ2) is 5.86. The first-order valence-electron chi connectivity index (χ1n) is 4.48. The summed E-state index contributed by atoms with van der Waals surface area (Å²) in [4.78, 5) is 36.0. The van der Waals surface area contributed by atoms with Gasteiger partial charge in [0.1, 0.15) is 0 Å². The third-order valence-corrected chi connectivity index (χ3v) is 3.10. The quantitative estimate of drug-likeness (QED) is 0.277. The first kappa shape index (κ1) is 17.2. The lowest BCUT2D eigenvalue weighted by Crippen LogP contribution is -2.47. The molecule has 0 rings (SSSR count). The van der Waals surface area contributed by atoms with Crippen molar-refractivity contribution in [2.45, 2.75) is 22.7 Å². The van der Waals surface area contributed by atoms with Gasteiger partial charge in [0.25, 0.3) is 0 Å². The van der Waals surface area contributed by atoms with Crippen LogP contribution < -0.4 is 0 Å². The standard InChI is InChI=1S/C8H10O10S/c9-3(10)1-7(17,5(13)14)19-8(18,6(15)16)2-4(11)12/h17-18H,1-2H2,(H,9,10)(H,11,12)(H,13,14)(H,15,16). The lowest BCUT2D eigenvalue weighted by Gasteiger charge is -2.29. The van der Waals surface area contributed by atoms with Gasteiger partial charge in [-0.15, -0.1) is 0 Å². The van der Waals surface area contributed by atoms with Gasteiger partial charge in [-0.3, -0.25) is 9.59 Å². The van der Waals surface area contributed by atoms with E-state index in [0.29, 0.717) is 0 Å². The fraction of sp³-hybridized carbons (Fsp3) is 0.500. The number of carboxylic acid groups (broad SMARTS) is 4. The summed E-state index contributed by atoms with van der Waals surface area (Å²) in [6.45, 7) is 0. The summed E-state index contributed by atoms with van der Waals surface area (Å²) in [5.74, 6) is -7.80. The van der Waals surface area contributed by atoms with Crippen molar-refractivity contribution < 1.29 is 49.8 Å². The fourth-order valence-electron chi connectivity index (χ4n) is 1.000. The molecule has 11 heteroatoms. The molecule has 0 aliphatic rings. The van der Waals surface area contributed by atoms with Crippen LogP contribution in [0, 0.1) is 0 Å². The van der Waals surface area contributed by atoms with Crippen LogP contribution >= 0.6 is 11.8 Å². The Morgan fingerprint density at radius 1 is 0.737 bits per heavy atom. The first-order chi connectivity index (χ1) is 8.43. The highest BCUT2D eigenvalue weighted by Gasteiger charge is 2.52. The van der Waals surface area contributed by atoms with E-state index in [2.05, 4.69) is 0 Å². The topological polar surface area (TPSA) is 190 Å². The Labute approximate surface area is 109 Å². The third-order valence-electron chi connectivity index (χ3n) is 1.79. The van der Waals surface area contributed by atoms with Crippen molar-refractivity contribution in [3.8, 4) is 0 Å². The number of carboxylic acids is 4. The van der Waals surface area contributed by atoms with E-state index in [-0.39, 0.29) is 0 Å². The number of hydrogen-bond donors (Lipinski definition) is 6. The van der Waals surface area contributed by atoms with Crippen molar-refractivity contribution >= 4 is 35.6 Å². The number of rotatable bonds is 8. The molecule has 0 aromatic rings. The van der Waals surface area contributed by atoms with E-state index in [1.165, 1.54) is 0 Å². The van der Waals surface area contributed by atoms with Crippen LogP contribution in [0.3, 0.4) is 0 Å². The summed E-state index contributed by atoms with van der Waals surface area (Å²) in [7, 11) is 0. The van der Waals surface area contributed by atoms with Crippen molar-refractivity contribution in [2.75, 3.05) is 0 Å². The van der Waals surface area contributed by atoms with Gasteiger partial charge < -0.3 is 30.6 Å². The molecule has 0 spiro atoms. The van der Waals surface area contributed by atoms with Gasteiger partial charge in [-0.25, -0.2) is 9.59 Å². The van der Waals surface area contributed by atoms with E-state index < -0.39 is 58.3 Å².